The third-order valence-electron chi connectivity index (χ3n) is 4.28. The molecule has 0 bridgehead atoms. The highest BCUT2D eigenvalue weighted by Gasteiger charge is 2.26. The number of carbonyl (C=O) groups is 1. The van der Waals surface area contributed by atoms with E-state index in [4.69, 9.17) is 9.84 Å². The number of rotatable bonds is 5. The molecule has 4 heteroatoms. The van der Waals surface area contributed by atoms with Gasteiger partial charge in [0.1, 0.15) is 11.5 Å². The van der Waals surface area contributed by atoms with Crippen LogP contribution in [0.4, 0.5) is 5.69 Å². The fourth-order valence-corrected chi connectivity index (χ4v) is 3.09. The number of benzene rings is 2. The lowest BCUT2D eigenvalue weighted by Gasteiger charge is -2.25. The van der Waals surface area contributed by atoms with Crippen LogP contribution in [0.3, 0.4) is 0 Å². The zero-order valence-electron chi connectivity index (χ0n) is 13.2. The first-order chi connectivity index (χ1) is 11.1. The summed E-state index contributed by atoms with van der Waals surface area (Å²) in [4.78, 5) is 13.2. The molecule has 3 rings (SSSR count). The van der Waals surface area contributed by atoms with Gasteiger partial charge in [-0.15, -0.1) is 0 Å². The second-order valence-electron chi connectivity index (χ2n) is 5.95. The van der Waals surface area contributed by atoms with Gasteiger partial charge in [-0.2, -0.15) is 0 Å². The van der Waals surface area contributed by atoms with E-state index in [-0.39, 0.29) is 12.5 Å². The second-order valence-corrected chi connectivity index (χ2v) is 5.95. The lowest BCUT2D eigenvalue weighted by Crippen LogP contribution is -2.31. The summed E-state index contributed by atoms with van der Waals surface area (Å²) in [6.45, 7) is 2.93. The lowest BCUT2D eigenvalue weighted by molar-refractivity contribution is -0.137. The largest absolute Gasteiger partial charge is 0.481 e. The molecule has 4 nitrogen and oxygen atoms in total. The van der Waals surface area contributed by atoms with E-state index >= 15 is 0 Å². The number of aliphatic carboxylic acids is 1. The summed E-state index contributed by atoms with van der Waals surface area (Å²) in [6.07, 6.45) is 2.18. The maximum absolute atomic E-state index is 11.0. The van der Waals surface area contributed by atoms with Crippen LogP contribution in [-0.4, -0.2) is 23.7 Å². The Morgan fingerprint density at radius 1 is 1.22 bits per heavy atom. The van der Waals surface area contributed by atoms with Crippen molar-refractivity contribution in [2.75, 3.05) is 11.4 Å². The molecular formula is C19H21NO3. The molecule has 120 valence electrons. The van der Waals surface area contributed by atoms with Crippen LogP contribution < -0.4 is 9.64 Å². The number of carboxylic acid groups (broad SMARTS) is 1. The third kappa shape index (κ3) is 3.65. The topological polar surface area (TPSA) is 49.8 Å². The molecule has 0 amide bonds. The van der Waals surface area contributed by atoms with Gasteiger partial charge in [0.2, 0.25) is 0 Å². The number of anilines is 1. The highest BCUT2D eigenvalue weighted by molar-refractivity contribution is 5.69. The lowest BCUT2D eigenvalue weighted by atomic mass is 10.1. The van der Waals surface area contributed by atoms with Gasteiger partial charge in [-0.25, -0.2) is 0 Å². The molecule has 1 aliphatic rings. The predicted octanol–water partition coefficient (Wildman–Crippen LogP) is 4.23. The van der Waals surface area contributed by atoms with Crippen molar-refractivity contribution in [3.8, 4) is 11.5 Å². The maximum Gasteiger partial charge on any atom is 0.305 e. The minimum atomic E-state index is -0.735. The standard InChI is InChI=1S/C19H21NO3/c1-14-5-2-3-7-18(14)23-17-10-8-15(9-11-17)20-12-4-6-16(20)13-19(21)22/h2-3,5,7-11,16H,4,6,12-13H2,1H3,(H,21,22)/t16-/m0/s1. The SMILES string of the molecule is Cc1ccccc1Oc1ccc(N2CCC[C@H]2CC(=O)O)cc1. The summed E-state index contributed by atoms with van der Waals surface area (Å²) in [5.74, 6) is 0.906. The number of nitrogens with zero attached hydrogens (tertiary/aromatic N) is 1. The number of ether oxygens (including phenoxy) is 1. The molecule has 0 radical (unpaired) electrons. The fourth-order valence-electron chi connectivity index (χ4n) is 3.09. The van der Waals surface area contributed by atoms with Crippen molar-refractivity contribution in [3.05, 3.63) is 54.1 Å². The zero-order valence-corrected chi connectivity index (χ0v) is 13.2. The van der Waals surface area contributed by atoms with E-state index in [2.05, 4.69) is 4.90 Å². The summed E-state index contributed by atoms with van der Waals surface area (Å²) in [6, 6.07) is 15.9. The quantitative estimate of drug-likeness (QED) is 0.897. The number of hydrogen-bond donors (Lipinski definition) is 1. The van der Waals surface area contributed by atoms with Crippen molar-refractivity contribution in [2.24, 2.45) is 0 Å². The molecular weight excluding hydrogens is 290 g/mol. The van der Waals surface area contributed by atoms with Crippen LogP contribution in [-0.2, 0) is 4.79 Å². The van der Waals surface area contributed by atoms with E-state index in [1.165, 1.54) is 0 Å². The first-order valence-corrected chi connectivity index (χ1v) is 7.95. The molecule has 0 aliphatic carbocycles. The first kappa shape index (κ1) is 15.4. The monoisotopic (exact) mass is 311 g/mol. The Hall–Kier alpha value is -2.49. The molecule has 1 heterocycles. The van der Waals surface area contributed by atoms with E-state index in [9.17, 15) is 4.79 Å². The van der Waals surface area contributed by atoms with Gasteiger partial charge >= 0.3 is 5.97 Å². The first-order valence-electron chi connectivity index (χ1n) is 7.95. The molecule has 2 aromatic rings. The van der Waals surface area contributed by atoms with Crippen LogP contribution in [0.2, 0.25) is 0 Å². The molecule has 1 aliphatic heterocycles. The summed E-state index contributed by atoms with van der Waals surface area (Å²) in [7, 11) is 0. The highest BCUT2D eigenvalue weighted by Crippen LogP contribution is 2.30. The molecule has 1 fully saturated rings. The summed E-state index contributed by atoms with van der Waals surface area (Å²) in [5, 5.41) is 9.03. The van der Waals surface area contributed by atoms with E-state index in [1.807, 2.05) is 55.5 Å². The zero-order chi connectivity index (χ0) is 16.2. The van der Waals surface area contributed by atoms with Crippen molar-refractivity contribution < 1.29 is 14.6 Å². The molecule has 2 aromatic carbocycles. The Morgan fingerprint density at radius 2 is 1.96 bits per heavy atom. The Morgan fingerprint density at radius 3 is 2.65 bits per heavy atom. The molecule has 0 spiro atoms. The van der Waals surface area contributed by atoms with Gasteiger partial charge in [-0.05, 0) is 55.7 Å². The Bertz CT molecular complexity index is 681. The van der Waals surface area contributed by atoms with E-state index in [0.717, 1.165) is 42.1 Å². The van der Waals surface area contributed by atoms with Crippen LogP contribution >= 0.6 is 0 Å². The van der Waals surface area contributed by atoms with Gasteiger partial charge < -0.3 is 14.7 Å². The second kappa shape index (κ2) is 6.73. The molecule has 1 atom stereocenters. The summed E-state index contributed by atoms with van der Waals surface area (Å²) >= 11 is 0. The van der Waals surface area contributed by atoms with Gasteiger partial charge in [0.15, 0.2) is 0 Å². The summed E-state index contributed by atoms with van der Waals surface area (Å²) in [5.41, 5.74) is 2.16. The van der Waals surface area contributed by atoms with Gasteiger partial charge in [0.25, 0.3) is 0 Å². The fraction of sp³-hybridized carbons (Fsp3) is 0.316. The summed E-state index contributed by atoms with van der Waals surface area (Å²) < 4.78 is 5.91. The number of hydrogen-bond acceptors (Lipinski definition) is 3. The number of para-hydroxylation sites is 1. The highest BCUT2D eigenvalue weighted by atomic mass is 16.5. The van der Waals surface area contributed by atoms with Crippen LogP contribution in [0, 0.1) is 6.92 Å². The predicted molar refractivity (Wildman–Crippen MR) is 90.3 cm³/mol. The van der Waals surface area contributed by atoms with Crippen molar-refractivity contribution in [3.63, 3.8) is 0 Å². The Labute approximate surface area is 136 Å². The normalized spacial score (nSPS) is 17.3. The van der Waals surface area contributed by atoms with Crippen molar-refractivity contribution in [2.45, 2.75) is 32.2 Å². The van der Waals surface area contributed by atoms with Crippen molar-refractivity contribution in [1.82, 2.24) is 0 Å². The molecule has 0 aromatic heterocycles. The van der Waals surface area contributed by atoms with E-state index in [0.29, 0.717) is 0 Å². The van der Waals surface area contributed by atoms with Crippen LogP contribution in [0.5, 0.6) is 11.5 Å². The average molecular weight is 311 g/mol. The van der Waals surface area contributed by atoms with Gasteiger partial charge in [-0.1, -0.05) is 18.2 Å². The Kier molecular flexibility index (Phi) is 4.51. The minimum absolute atomic E-state index is 0.0932. The van der Waals surface area contributed by atoms with Crippen molar-refractivity contribution >= 4 is 11.7 Å². The van der Waals surface area contributed by atoms with Gasteiger partial charge in [0.05, 0.1) is 6.42 Å². The molecule has 1 saturated heterocycles. The molecule has 0 unspecified atom stereocenters. The average Bonchev–Trinajstić information content (AvgIpc) is 2.98. The minimum Gasteiger partial charge on any atom is -0.481 e. The van der Waals surface area contributed by atoms with Gasteiger partial charge in [0, 0.05) is 18.3 Å². The van der Waals surface area contributed by atoms with Crippen molar-refractivity contribution in [1.29, 1.82) is 0 Å². The third-order valence-corrected chi connectivity index (χ3v) is 4.28. The maximum atomic E-state index is 11.0. The van der Waals surface area contributed by atoms with E-state index < -0.39 is 5.97 Å². The Balaban J connectivity index is 1.72. The number of carboxylic acids is 1. The van der Waals surface area contributed by atoms with Crippen LogP contribution in [0.1, 0.15) is 24.8 Å². The van der Waals surface area contributed by atoms with E-state index in [1.54, 1.807) is 0 Å². The molecule has 1 N–H and O–H groups in total. The van der Waals surface area contributed by atoms with Crippen LogP contribution in [0.15, 0.2) is 48.5 Å². The smallest absolute Gasteiger partial charge is 0.305 e. The van der Waals surface area contributed by atoms with Crippen LogP contribution in [0.25, 0.3) is 0 Å². The number of aryl methyl sites for hydroxylation is 1. The molecule has 23 heavy (non-hydrogen) atoms. The molecule has 0 saturated carbocycles. The van der Waals surface area contributed by atoms with Gasteiger partial charge in [-0.3, -0.25) is 4.79 Å².